The Labute approximate surface area is 359 Å². The van der Waals surface area contributed by atoms with Gasteiger partial charge < -0.3 is 49.8 Å². The Morgan fingerprint density at radius 1 is 0.902 bits per heavy atom. The molecule has 0 bridgehead atoms. The molecule has 0 radical (unpaired) electrons. The summed E-state index contributed by atoms with van der Waals surface area (Å²) >= 11 is 1.67. The third kappa shape index (κ3) is 13.9. The minimum Gasteiger partial charge on any atom is -0.453 e. The summed E-state index contributed by atoms with van der Waals surface area (Å²) in [6.07, 6.45) is 19.1. The largest absolute Gasteiger partial charge is 0.453 e. The van der Waals surface area contributed by atoms with Crippen LogP contribution in [0.25, 0.3) is 27.0 Å². The number of amides is 4. The standard InChI is InChI=1S/C18H16N6OS.C14H18N2O3.C8H14N2O3.C3H8/c1-24(4-2-12(3-5-25)14-7-19-10-22-14)16-9-26-18-13(6-21-17(16)18)15-8-20-11-23-15;1-19-14(18)15-12(11-7-3-2-4-8-11)13(17)16-9-5-6-10-16;1-13-8(12)9-6-7(11)10-4-2-3-5-10;1-3-2/h2-11,21H,1H3,(H,19,22)(H,20,23);2-4,7-8,12H,5-6,9-10H2,1H3,(H,15,18);2-6H2,1H3,(H,9,12);3H2,1-2H3/b4-2-,12-3+;;;. The van der Waals surface area contributed by atoms with E-state index in [4.69, 9.17) is 0 Å². The second-order valence-electron chi connectivity index (χ2n) is 13.8. The second-order valence-corrected chi connectivity index (χ2v) is 14.7. The van der Waals surface area contributed by atoms with Crippen LogP contribution < -0.4 is 15.5 Å². The summed E-state index contributed by atoms with van der Waals surface area (Å²) in [5, 5.41) is 7.07. The Morgan fingerprint density at radius 3 is 2.13 bits per heavy atom. The van der Waals surface area contributed by atoms with Gasteiger partial charge in [0.25, 0.3) is 0 Å². The van der Waals surface area contributed by atoms with Gasteiger partial charge in [-0.25, -0.2) is 19.6 Å². The van der Waals surface area contributed by atoms with E-state index in [0.29, 0.717) is 0 Å². The topological polar surface area (TPSA) is 211 Å². The smallest absolute Gasteiger partial charge is 0.407 e. The predicted octanol–water partition coefficient (Wildman–Crippen LogP) is 6.66. The van der Waals surface area contributed by atoms with Crippen LogP contribution in [0.3, 0.4) is 0 Å². The lowest BCUT2D eigenvalue weighted by Crippen LogP contribution is -2.41. The molecular weight excluding hydrogens is 801 g/mol. The van der Waals surface area contributed by atoms with Gasteiger partial charge in [0.05, 0.1) is 66.6 Å². The fourth-order valence-electron chi connectivity index (χ4n) is 6.28. The van der Waals surface area contributed by atoms with E-state index in [2.05, 4.69) is 64.3 Å². The molecule has 1 aromatic carbocycles. The number of thiophene rings is 1. The molecule has 326 valence electrons. The fourth-order valence-corrected chi connectivity index (χ4v) is 7.37. The van der Waals surface area contributed by atoms with Gasteiger partial charge in [0, 0.05) is 62.1 Å². The Kier molecular flexibility index (Phi) is 19.3. The summed E-state index contributed by atoms with van der Waals surface area (Å²) in [7, 11) is 4.54. The Bertz CT molecular complexity index is 2150. The van der Waals surface area contributed by atoms with Crippen molar-refractivity contribution in [2.24, 2.45) is 0 Å². The van der Waals surface area contributed by atoms with Crippen LogP contribution in [0.5, 0.6) is 0 Å². The number of anilines is 1. The first-order valence-electron chi connectivity index (χ1n) is 20.1. The molecule has 18 heteroatoms. The van der Waals surface area contributed by atoms with E-state index in [0.717, 1.165) is 97.4 Å². The highest BCUT2D eigenvalue weighted by molar-refractivity contribution is 7.18. The van der Waals surface area contributed by atoms with Crippen LogP contribution in [0, 0.1) is 0 Å². The predicted molar refractivity (Wildman–Crippen MR) is 237 cm³/mol. The normalized spacial score (nSPS) is 13.8. The fraction of sp³-hybridized carbons (Fsp3) is 0.372. The van der Waals surface area contributed by atoms with Crippen molar-refractivity contribution in [3.8, 4) is 11.3 Å². The summed E-state index contributed by atoms with van der Waals surface area (Å²) in [5.41, 5.74) is 6.53. The summed E-state index contributed by atoms with van der Waals surface area (Å²) < 4.78 is 10.1. The zero-order valence-corrected chi connectivity index (χ0v) is 36.1. The number of benzene rings is 1. The molecule has 0 spiro atoms. The maximum absolute atomic E-state index is 12.5. The molecule has 6 heterocycles. The summed E-state index contributed by atoms with van der Waals surface area (Å²) in [6.45, 7) is 7.41. The monoisotopic (exact) mass is 856 g/mol. The molecule has 61 heavy (non-hydrogen) atoms. The van der Waals surface area contributed by atoms with Gasteiger partial charge >= 0.3 is 12.2 Å². The van der Waals surface area contributed by atoms with Crippen LogP contribution in [0.2, 0.25) is 0 Å². The second kappa shape index (κ2) is 25.1. The highest BCUT2D eigenvalue weighted by atomic mass is 32.1. The number of likely N-dealkylation sites (tertiary alicyclic amines) is 2. The molecule has 2 fully saturated rings. The highest BCUT2D eigenvalue weighted by Crippen LogP contribution is 2.38. The maximum atomic E-state index is 12.5. The molecular formula is C43H56N10O7S. The highest BCUT2D eigenvalue weighted by Gasteiger charge is 2.29. The third-order valence-corrected chi connectivity index (χ3v) is 10.4. The Morgan fingerprint density at radius 2 is 1.54 bits per heavy atom. The van der Waals surface area contributed by atoms with Gasteiger partial charge in [-0.15, -0.1) is 11.3 Å². The van der Waals surface area contributed by atoms with Gasteiger partial charge in [-0.1, -0.05) is 50.6 Å². The molecule has 2 aliphatic heterocycles. The number of methoxy groups -OCH3 is 2. The Balaban J connectivity index is 0.000000206. The average Bonchev–Trinajstić information content (AvgIpc) is 4.14. The molecule has 0 saturated carbocycles. The number of aromatic amines is 3. The molecule has 2 saturated heterocycles. The van der Waals surface area contributed by atoms with Gasteiger partial charge in [-0.05, 0) is 43.4 Å². The number of allylic oxidation sites excluding steroid dienone is 3. The number of fused-ring (bicyclic) bond motifs is 1. The van der Waals surface area contributed by atoms with Crippen molar-refractivity contribution in [1.29, 1.82) is 0 Å². The van der Waals surface area contributed by atoms with Crippen molar-refractivity contribution in [2.75, 3.05) is 58.9 Å². The van der Waals surface area contributed by atoms with Crippen LogP contribution in [0.1, 0.15) is 63.3 Å². The van der Waals surface area contributed by atoms with E-state index in [1.807, 2.05) is 66.9 Å². The number of aromatic nitrogens is 5. The van der Waals surface area contributed by atoms with Gasteiger partial charge in [-0.2, -0.15) is 0 Å². The number of rotatable bonds is 11. The quantitative estimate of drug-likeness (QED) is 0.0542. The number of hydrogen-bond acceptors (Lipinski definition) is 11. The summed E-state index contributed by atoms with van der Waals surface area (Å²) in [5.74, 6) is -0.114. The number of aldehydes is 1. The number of nitrogens with one attached hydrogen (secondary N) is 5. The van der Waals surface area contributed by atoms with Gasteiger partial charge in [-0.3, -0.25) is 14.4 Å². The van der Waals surface area contributed by atoms with Crippen LogP contribution in [-0.2, 0) is 23.9 Å². The van der Waals surface area contributed by atoms with Crippen molar-refractivity contribution in [3.05, 3.63) is 96.6 Å². The lowest BCUT2D eigenvalue weighted by molar-refractivity contribution is -0.132. The van der Waals surface area contributed by atoms with Gasteiger partial charge in [0.1, 0.15) is 18.9 Å². The third-order valence-electron chi connectivity index (χ3n) is 9.35. The lowest BCUT2D eigenvalue weighted by Gasteiger charge is -2.23. The number of hydrogen-bond donors (Lipinski definition) is 5. The van der Waals surface area contributed by atoms with Gasteiger partial charge in [0.15, 0.2) is 0 Å². The van der Waals surface area contributed by atoms with E-state index in [1.54, 1.807) is 40.0 Å². The van der Waals surface area contributed by atoms with Crippen LogP contribution in [0.15, 0.2) is 85.3 Å². The molecule has 1 unspecified atom stereocenters. The molecule has 0 aliphatic carbocycles. The minimum absolute atomic E-state index is 0.0344. The van der Waals surface area contributed by atoms with Crippen molar-refractivity contribution in [3.63, 3.8) is 0 Å². The zero-order valence-electron chi connectivity index (χ0n) is 35.3. The first kappa shape index (κ1) is 47.0. The maximum Gasteiger partial charge on any atom is 0.407 e. The molecule has 4 amide bonds. The lowest BCUT2D eigenvalue weighted by atomic mass is 10.1. The zero-order chi connectivity index (χ0) is 44.0. The van der Waals surface area contributed by atoms with Crippen LogP contribution in [-0.4, -0.2) is 119 Å². The number of ether oxygens (including phenoxy) is 2. The number of nitrogens with zero attached hydrogens (tertiary/aromatic N) is 5. The van der Waals surface area contributed by atoms with E-state index < -0.39 is 18.2 Å². The number of H-pyrrole nitrogens is 3. The van der Waals surface area contributed by atoms with Crippen LogP contribution in [0.4, 0.5) is 15.3 Å². The van der Waals surface area contributed by atoms with E-state index in [-0.39, 0.29) is 18.4 Å². The number of carbonyl (C=O) groups is 5. The molecule has 5 N–H and O–H groups in total. The number of alkyl carbamates (subject to hydrolysis) is 2. The summed E-state index contributed by atoms with van der Waals surface area (Å²) in [6, 6.07) is 8.55. The first-order chi connectivity index (χ1) is 29.6. The van der Waals surface area contributed by atoms with E-state index in [1.165, 1.54) is 31.4 Å². The van der Waals surface area contributed by atoms with Crippen molar-refractivity contribution in [1.82, 2.24) is 45.4 Å². The number of carbonyl (C=O) groups excluding carboxylic acids is 5. The molecule has 5 aromatic rings. The molecule has 4 aromatic heterocycles. The van der Waals surface area contributed by atoms with Gasteiger partial charge in [0.2, 0.25) is 11.8 Å². The minimum atomic E-state index is -0.674. The number of imidazole rings is 2. The molecule has 17 nitrogen and oxygen atoms in total. The SMILES string of the molecule is CCC.CN(/C=C\C(=C/C=O)c1cnc[nH]1)c1csc2c(-c3cnc[nH]3)c[nH]c12.COC(=O)NC(C(=O)N1CCCC1)c1ccccc1.COC(=O)NCC(=O)N1CCCC1. The first-order valence-corrected chi connectivity index (χ1v) is 20.9. The van der Waals surface area contributed by atoms with Crippen LogP contribution >= 0.6 is 11.3 Å². The molecule has 7 rings (SSSR count). The van der Waals surface area contributed by atoms with E-state index >= 15 is 0 Å². The van der Waals surface area contributed by atoms with Crippen molar-refractivity contribution >= 4 is 63.1 Å². The van der Waals surface area contributed by atoms with Crippen molar-refractivity contribution in [2.45, 2.75) is 52.0 Å². The van der Waals surface area contributed by atoms with Crippen molar-refractivity contribution < 1.29 is 33.4 Å². The average molecular weight is 857 g/mol. The molecule has 1 atom stereocenters. The Hall–Kier alpha value is -6.69. The summed E-state index contributed by atoms with van der Waals surface area (Å²) in [4.78, 5) is 79.8. The van der Waals surface area contributed by atoms with E-state index in [9.17, 15) is 24.0 Å². The molecule has 2 aliphatic rings.